The second-order valence-electron chi connectivity index (χ2n) is 5.92. The zero-order chi connectivity index (χ0) is 14.0. The summed E-state index contributed by atoms with van der Waals surface area (Å²) in [4.78, 5) is 2.79. The molecule has 0 aliphatic carbocycles. The smallest absolute Gasteiger partial charge is 0.149 e. The topological polar surface area (TPSA) is 42.7 Å². The number of nitrogens with zero attached hydrogens (tertiary/aromatic N) is 3. The van der Waals surface area contributed by atoms with Crippen LogP contribution in [0.1, 0.15) is 49.3 Å². The Hall–Kier alpha value is -1.20. The summed E-state index contributed by atoms with van der Waals surface area (Å²) in [5.74, 6) is 0.965. The molecule has 104 valence electrons. The molecule has 0 amide bonds. The maximum Gasteiger partial charge on any atom is 0.149 e. The van der Waals surface area contributed by atoms with Gasteiger partial charge >= 0.3 is 0 Å². The lowest BCUT2D eigenvalue weighted by atomic mass is 9.95. The van der Waals surface area contributed by atoms with Crippen LogP contribution < -0.4 is 5.32 Å². The summed E-state index contributed by atoms with van der Waals surface area (Å²) in [5, 5.41) is 11.5. The minimum Gasteiger partial charge on any atom is -0.319 e. The van der Waals surface area contributed by atoms with Gasteiger partial charge in [-0.2, -0.15) is 0 Å². The van der Waals surface area contributed by atoms with Gasteiger partial charge in [-0.05, 0) is 24.5 Å². The van der Waals surface area contributed by atoms with E-state index in [1.54, 1.807) is 6.33 Å². The zero-order valence-electron chi connectivity index (χ0n) is 12.3. The van der Waals surface area contributed by atoms with Crippen molar-refractivity contribution in [3.63, 3.8) is 0 Å². The van der Waals surface area contributed by atoms with Gasteiger partial charge < -0.3 is 9.88 Å². The molecule has 1 unspecified atom stereocenters. The van der Waals surface area contributed by atoms with Crippen LogP contribution in [0.25, 0.3) is 0 Å². The van der Waals surface area contributed by atoms with Gasteiger partial charge in [0.25, 0.3) is 0 Å². The fourth-order valence-corrected chi connectivity index (χ4v) is 2.92. The Morgan fingerprint density at radius 1 is 1.37 bits per heavy atom. The second kappa shape index (κ2) is 5.43. The van der Waals surface area contributed by atoms with Crippen molar-refractivity contribution in [1.82, 2.24) is 20.1 Å². The number of thiophene rings is 1. The lowest BCUT2D eigenvalue weighted by Crippen LogP contribution is -2.20. The van der Waals surface area contributed by atoms with E-state index in [9.17, 15) is 0 Å². The van der Waals surface area contributed by atoms with Gasteiger partial charge in [0, 0.05) is 23.3 Å². The van der Waals surface area contributed by atoms with Crippen molar-refractivity contribution in [1.29, 1.82) is 0 Å². The van der Waals surface area contributed by atoms with Crippen molar-refractivity contribution in [3.05, 3.63) is 34.0 Å². The Morgan fingerprint density at radius 3 is 2.63 bits per heavy atom. The number of aromatic nitrogens is 3. The molecule has 4 nitrogen and oxygen atoms in total. The molecule has 1 atom stereocenters. The van der Waals surface area contributed by atoms with Crippen molar-refractivity contribution in [2.24, 2.45) is 7.05 Å². The Kier molecular flexibility index (Phi) is 4.06. The average molecular weight is 278 g/mol. The summed E-state index contributed by atoms with van der Waals surface area (Å²) < 4.78 is 1.95. The maximum atomic E-state index is 4.13. The lowest BCUT2D eigenvalue weighted by Gasteiger charge is -2.15. The van der Waals surface area contributed by atoms with Gasteiger partial charge in [-0.25, -0.2) is 0 Å². The Labute approximate surface area is 118 Å². The number of aryl methyl sites for hydroxylation is 1. The fraction of sp³-hybridized carbons (Fsp3) is 0.571. The molecule has 2 rings (SSSR count). The van der Waals surface area contributed by atoms with Crippen LogP contribution in [-0.2, 0) is 19.0 Å². The first-order valence-corrected chi connectivity index (χ1v) is 7.36. The fourth-order valence-electron chi connectivity index (χ4n) is 1.91. The third-order valence-corrected chi connectivity index (χ3v) is 4.63. The Balaban J connectivity index is 1.96. The molecule has 19 heavy (non-hydrogen) atoms. The molecule has 0 bridgehead atoms. The van der Waals surface area contributed by atoms with Gasteiger partial charge in [-0.1, -0.05) is 20.8 Å². The first kappa shape index (κ1) is 14.2. The molecule has 0 aromatic carbocycles. The molecule has 1 N–H and O–H groups in total. The minimum atomic E-state index is 0.202. The third kappa shape index (κ3) is 3.42. The molecule has 5 heteroatoms. The van der Waals surface area contributed by atoms with Crippen LogP contribution in [0.2, 0.25) is 0 Å². The highest BCUT2D eigenvalue weighted by atomic mass is 32.1. The molecular formula is C14H22N4S. The molecule has 0 aliphatic heterocycles. The maximum absolute atomic E-state index is 4.13. The lowest BCUT2D eigenvalue weighted by molar-refractivity contribution is 0.531. The molecule has 0 aliphatic rings. The molecule has 2 aromatic rings. The summed E-state index contributed by atoms with van der Waals surface area (Å²) in [7, 11) is 1.97. The Bertz CT molecular complexity index is 536. The monoisotopic (exact) mass is 278 g/mol. The molecule has 0 saturated heterocycles. The van der Waals surface area contributed by atoms with Crippen LogP contribution in [0.4, 0.5) is 0 Å². The molecule has 0 fully saturated rings. The van der Waals surface area contributed by atoms with E-state index in [-0.39, 0.29) is 11.5 Å². The predicted octanol–water partition coefficient (Wildman–Crippen LogP) is 3.02. The highest BCUT2D eigenvalue weighted by molar-refractivity contribution is 7.12. The van der Waals surface area contributed by atoms with Crippen LogP contribution in [0.15, 0.2) is 18.5 Å². The van der Waals surface area contributed by atoms with E-state index in [1.807, 2.05) is 23.0 Å². The summed E-state index contributed by atoms with van der Waals surface area (Å²) in [6, 6.07) is 4.64. The van der Waals surface area contributed by atoms with Crippen molar-refractivity contribution >= 4 is 11.3 Å². The van der Waals surface area contributed by atoms with Crippen LogP contribution in [0, 0.1) is 0 Å². The summed E-state index contributed by atoms with van der Waals surface area (Å²) in [6.45, 7) is 9.73. The van der Waals surface area contributed by atoms with Crippen molar-refractivity contribution < 1.29 is 0 Å². The van der Waals surface area contributed by atoms with Crippen molar-refractivity contribution in [3.8, 4) is 0 Å². The first-order chi connectivity index (χ1) is 8.88. The van der Waals surface area contributed by atoms with Crippen LogP contribution >= 0.6 is 11.3 Å². The van der Waals surface area contributed by atoms with E-state index >= 15 is 0 Å². The van der Waals surface area contributed by atoms with E-state index in [1.165, 1.54) is 9.75 Å². The van der Waals surface area contributed by atoms with E-state index < -0.39 is 0 Å². The van der Waals surface area contributed by atoms with Crippen LogP contribution in [0.5, 0.6) is 0 Å². The standard InChI is InChI=1S/C14H22N4S/c1-10(13-17-16-9-18(13)5)15-8-11-6-7-12(19-11)14(2,3)4/h6-7,9-10,15H,8H2,1-5H3. The zero-order valence-corrected chi connectivity index (χ0v) is 13.1. The number of rotatable bonds is 4. The molecular weight excluding hydrogens is 256 g/mol. The van der Waals surface area contributed by atoms with E-state index in [4.69, 9.17) is 0 Å². The molecule has 0 spiro atoms. The van der Waals surface area contributed by atoms with Gasteiger partial charge in [-0.3, -0.25) is 0 Å². The molecule has 2 heterocycles. The van der Waals surface area contributed by atoms with E-state index in [0.29, 0.717) is 0 Å². The van der Waals surface area contributed by atoms with Crippen molar-refractivity contribution in [2.75, 3.05) is 0 Å². The number of hydrogen-bond acceptors (Lipinski definition) is 4. The Morgan fingerprint density at radius 2 is 2.11 bits per heavy atom. The summed E-state index contributed by atoms with van der Waals surface area (Å²) >= 11 is 1.88. The van der Waals surface area contributed by atoms with E-state index in [2.05, 4.69) is 55.3 Å². The highest BCUT2D eigenvalue weighted by Crippen LogP contribution is 2.29. The molecule has 0 radical (unpaired) electrons. The van der Waals surface area contributed by atoms with Gasteiger partial charge in [0.15, 0.2) is 0 Å². The van der Waals surface area contributed by atoms with Crippen LogP contribution in [0.3, 0.4) is 0 Å². The minimum absolute atomic E-state index is 0.202. The number of nitrogens with one attached hydrogen (secondary N) is 1. The molecule has 0 saturated carbocycles. The largest absolute Gasteiger partial charge is 0.319 e. The quantitative estimate of drug-likeness (QED) is 0.935. The predicted molar refractivity (Wildman–Crippen MR) is 79.3 cm³/mol. The van der Waals surface area contributed by atoms with Crippen molar-refractivity contribution in [2.45, 2.75) is 45.7 Å². The average Bonchev–Trinajstić information content (AvgIpc) is 2.93. The van der Waals surface area contributed by atoms with Gasteiger partial charge in [-0.15, -0.1) is 21.5 Å². The first-order valence-electron chi connectivity index (χ1n) is 6.54. The van der Waals surface area contributed by atoms with Gasteiger partial charge in [0.1, 0.15) is 12.2 Å². The number of hydrogen-bond donors (Lipinski definition) is 1. The van der Waals surface area contributed by atoms with Gasteiger partial charge in [0.2, 0.25) is 0 Å². The van der Waals surface area contributed by atoms with Gasteiger partial charge in [0.05, 0.1) is 6.04 Å². The normalized spacial score (nSPS) is 13.7. The SMILES string of the molecule is CC(NCc1ccc(C(C)(C)C)s1)c1nncn1C. The summed E-state index contributed by atoms with van der Waals surface area (Å²) in [5.41, 5.74) is 0.234. The third-order valence-electron chi connectivity index (χ3n) is 3.12. The molecule has 2 aromatic heterocycles. The van der Waals surface area contributed by atoms with Crippen LogP contribution in [-0.4, -0.2) is 14.8 Å². The highest BCUT2D eigenvalue weighted by Gasteiger charge is 2.16. The second-order valence-corrected chi connectivity index (χ2v) is 7.09. The van der Waals surface area contributed by atoms with E-state index in [0.717, 1.165) is 12.4 Å². The summed E-state index contributed by atoms with van der Waals surface area (Å²) in [6.07, 6.45) is 1.73.